The molecule has 0 aliphatic carbocycles. The van der Waals surface area contributed by atoms with Gasteiger partial charge in [-0.3, -0.25) is 0 Å². The Hall–Kier alpha value is -0.350. The van der Waals surface area contributed by atoms with E-state index in [1.807, 2.05) is 12.1 Å². The predicted molar refractivity (Wildman–Crippen MR) is 47.8 cm³/mol. The Kier molecular flexibility index (Phi) is 2.89. The number of rotatable bonds is 2. The normalized spacial score (nSPS) is 10.3. The Bertz CT molecular complexity index is 179. The fourth-order valence-electron chi connectivity index (χ4n) is 0.892. The van der Waals surface area contributed by atoms with Crippen LogP contribution in [-0.4, -0.2) is 13.3 Å². The largest absolute Gasteiger partial charge is 0.109 e. The molecule has 0 atom stereocenters. The molecule has 53 valence electrons. The molecule has 0 heterocycles. The van der Waals surface area contributed by atoms with E-state index in [0.717, 1.165) is 0 Å². The molecule has 1 aromatic rings. The molecule has 0 aliphatic rings. The lowest BCUT2D eigenvalue weighted by Crippen LogP contribution is -1.79. The highest BCUT2D eigenvalue weighted by Gasteiger charge is 1.93. The van der Waals surface area contributed by atoms with Crippen LogP contribution in [0.4, 0.5) is 0 Å². The van der Waals surface area contributed by atoms with E-state index >= 15 is 0 Å². The van der Waals surface area contributed by atoms with Crippen molar-refractivity contribution in [3.05, 3.63) is 35.9 Å². The molecule has 0 amide bonds. The van der Waals surface area contributed by atoms with Gasteiger partial charge in [-0.2, -0.15) is 0 Å². The fourth-order valence-corrected chi connectivity index (χ4v) is 1.83. The molecule has 0 aromatic heterocycles. The van der Waals surface area contributed by atoms with Crippen LogP contribution < -0.4 is 0 Å². The summed E-state index contributed by atoms with van der Waals surface area (Å²) in [4.78, 5) is 0. The highest BCUT2D eigenvalue weighted by molar-refractivity contribution is 7.55. The molecule has 0 spiro atoms. The Morgan fingerprint density at radius 2 is 1.90 bits per heavy atom. The Morgan fingerprint density at radius 3 is 2.40 bits per heavy atom. The van der Waals surface area contributed by atoms with Crippen molar-refractivity contribution in [2.24, 2.45) is 0 Å². The van der Waals surface area contributed by atoms with Crippen molar-refractivity contribution in [3.8, 4) is 0 Å². The first-order valence-corrected chi connectivity index (χ1v) is 5.81. The van der Waals surface area contributed by atoms with Gasteiger partial charge in [-0.1, -0.05) is 24.3 Å². The summed E-state index contributed by atoms with van der Waals surface area (Å²) in [5, 5.41) is 0. The molecule has 0 aliphatic heterocycles. The zero-order valence-corrected chi connectivity index (χ0v) is 7.36. The van der Waals surface area contributed by atoms with Gasteiger partial charge >= 0.3 is 0 Å². The maximum Gasteiger partial charge on any atom is -0.00780 e. The first-order valence-electron chi connectivity index (χ1n) is 3.39. The van der Waals surface area contributed by atoms with Gasteiger partial charge in [0.2, 0.25) is 0 Å². The van der Waals surface area contributed by atoms with Gasteiger partial charge < -0.3 is 0 Å². The van der Waals surface area contributed by atoms with Crippen LogP contribution in [0.5, 0.6) is 0 Å². The number of hydrogen-bond donors (Lipinski definition) is 0. The zero-order chi connectivity index (χ0) is 7.40. The van der Waals surface area contributed by atoms with E-state index in [4.69, 9.17) is 0 Å². The van der Waals surface area contributed by atoms with Crippen LogP contribution in [0.2, 0.25) is 0 Å². The Balaban J connectivity index is 2.59. The molecule has 1 aromatic carbocycles. The number of benzene rings is 1. The SMILES string of the molecule is CP(C)Cc1cc[c]cc1. The summed E-state index contributed by atoms with van der Waals surface area (Å²) in [7, 11) is 0.209. The van der Waals surface area contributed by atoms with Gasteiger partial charge in [0, 0.05) is 0 Å². The molecule has 0 fully saturated rings. The van der Waals surface area contributed by atoms with Gasteiger partial charge in [-0.15, -0.1) is 7.92 Å². The zero-order valence-electron chi connectivity index (χ0n) is 6.46. The van der Waals surface area contributed by atoms with Crippen molar-refractivity contribution in [2.75, 3.05) is 13.3 Å². The fraction of sp³-hybridized carbons (Fsp3) is 0.333. The minimum Gasteiger partial charge on any atom is -0.109 e. The van der Waals surface area contributed by atoms with Crippen molar-refractivity contribution >= 4 is 7.92 Å². The lowest BCUT2D eigenvalue weighted by atomic mass is 10.2. The van der Waals surface area contributed by atoms with Crippen molar-refractivity contribution in [3.63, 3.8) is 0 Å². The summed E-state index contributed by atoms with van der Waals surface area (Å²) in [6, 6.07) is 11.3. The van der Waals surface area contributed by atoms with Crippen molar-refractivity contribution < 1.29 is 0 Å². The van der Waals surface area contributed by atoms with E-state index in [1.54, 1.807) is 0 Å². The Morgan fingerprint density at radius 1 is 1.30 bits per heavy atom. The molecule has 0 bridgehead atoms. The molecule has 0 saturated carbocycles. The van der Waals surface area contributed by atoms with Crippen LogP contribution in [0.15, 0.2) is 24.3 Å². The topological polar surface area (TPSA) is 0 Å². The van der Waals surface area contributed by atoms with Crippen LogP contribution in [0.25, 0.3) is 0 Å². The monoisotopic (exact) mass is 151 g/mol. The molecule has 10 heavy (non-hydrogen) atoms. The average Bonchev–Trinajstić information content (AvgIpc) is 1.88. The predicted octanol–water partition coefficient (Wildman–Crippen LogP) is 2.73. The lowest BCUT2D eigenvalue weighted by Gasteiger charge is -2.03. The van der Waals surface area contributed by atoms with Crippen molar-refractivity contribution in [1.82, 2.24) is 0 Å². The van der Waals surface area contributed by atoms with Gasteiger partial charge in [0.25, 0.3) is 0 Å². The van der Waals surface area contributed by atoms with Crippen molar-refractivity contribution in [1.29, 1.82) is 0 Å². The smallest absolute Gasteiger partial charge is 0.00780 e. The summed E-state index contributed by atoms with van der Waals surface area (Å²) >= 11 is 0. The van der Waals surface area contributed by atoms with E-state index in [9.17, 15) is 0 Å². The quantitative estimate of drug-likeness (QED) is 0.570. The van der Waals surface area contributed by atoms with E-state index in [2.05, 4.69) is 31.5 Å². The van der Waals surface area contributed by atoms with E-state index in [0.29, 0.717) is 0 Å². The summed E-state index contributed by atoms with van der Waals surface area (Å²) in [5.74, 6) is 0. The minimum atomic E-state index is 0.209. The van der Waals surface area contributed by atoms with Gasteiger partial charge in [-0.05, 0) is 31.1 Å². The lowest BCUT2D eigenvalue weighted by molar-refractivity contribution is 1.39. The maximum atomic E-state index is 3.01. The molecular weight excluding hydrogens is 139 g/mol. The third-order valence-corrected chi connectivity index (χ3v) is 2.28. The third-order valence-electron chi connectivity index (χ3n) is 1.29. The summed E-state index contributed by atoms with van der Waals surface area (Å²) in [6.07, 6.45) is 1.24. The van der Waals surface area contributed by atoms with Crippen LogP contribution in [0, 0.1) is 6.07 Å². The minimum absolute atomic E-state index is 0.209. The van der Waals surface area contributed by atoms with Crippen molar-refractivity contribution in [2.45, 2.75) is 6.16 Å². The van der Waals surface area contributed by atoms with Crippen LogP contribution >= 0.6 is 7.92 Å². The van der Waals surface area contributed by atoms with Gasteiger partial charge in [-0.25, -0.2) is 0 Å². The van der Waals surface area contributed by atoms with Crippen LogP contribution in [-0.2, 0) is 6.16 Å². The third kappa shape index (κ3) is 2.49. The maximum absolute atomic E-state index is 3.01. The molecule has 1 heteroatoms. The molecular formula is C9H12P. The van der Waals surface area contributed by atoms with E-state index < -0.39 is 0 Å². The molecule has 0 nitrogen and oxygen atoms in total. The second-order valence-electron chi connectivity index (χ2n) is 2.65. The second-order valence-corrected chi connectivity index (χ2v) is 5.12. The first kappa shape index (κ1) is 7.75. The molecule has 1 rings (SSSR count). The molecule has 0 N–H and O–H groups in total. The number of hydrogen-bond acceptors (Lipinski definition) is 0. The average molecular weight is 151 g/mol. The Labute approximate surface area is 64.0 Å². The highest BCUT2D eigenvalue weighted by Crippen LogP contribution is 2.29. The first-order chi connectivity index (χ1) is 4.79. The molecule has 0 saturated heterocycles. The van der Waals surface area contributed by atoms with Crippen LogP contribution in [0.1, 0.15) is 5.56 Å². The summed E-state index contributed by atoms with van der Waals surface area (Å²) in [5.41, 5.74) is 1.44. The standard InChI is InChI=1S/C9H12P/c1-10(2)8-9-6-4-3-5-7-9/h4-7H,8H2,1-2H3. The van der Waals surface area contributed by atoms with E-state index in [1.165, 1.54) is 11.7 Å². The van der Waals surface area contributed by atoms with Gasteiger partial charge in [0.1, 0.15) is 0 Å². The summed E-state index contributed by atoms with van der Waals surface area (Å²) < 4.78 is 0. The van der Waals surface area contributed by atoms with Gasteiger partial charge in [0.05, 0.1) is 0 Å². The van der Waals surface area contributed by atoms with E-state index in [-0.39, 0.29) is 7.92 Å². The molecule has 0 unspecified atom stereocenters. The summed E-state index contributed by atoms with van der Waals surface area (Å²) in [6.45, 7) is 4.60. The van der Waals surface area contributed by atoms with Crippen LogP contribution in [0.3, 0.4) is 0 Å². The van der Waals surface area contributed by atoms with Gasteiger partial charge in [0.15, 0.2) is 0 Å². The second kappa shape index (κ2) is 3.73. The highest BCUT2D eigenvalue weighted by atomic mass is 31.1. The molecule has 1 radical (unpaired) electrons.